The highest BCUT2D eigenvalue weighted by molar-refractivity contribution is 6.00. The Kier molecular flexibility index (Phi) is 6.85. The molecule has 1 saturated heterocycles. The topological polar surface area (TPSA) is 85.9 Å². The Balaban J connectivity index is 1.74. The Bertz CT molecular complexity index is 886. The Hall–Kier alpha value is -3.06. The Labute approximate surface area is 183 Å². The van der Waals surface area contributed by atoms with Crippen LogP contribution in [0.3, 0.4) is 0 Å². The number of amides is 2. The first-order chi connectivity index (χ1) is 14.7. The largest absolute Gasteiger partial charge is 0.488 e. The van der Waals surface area contributed by atoms with E-state index in [4.69, 9.17) is 14.2 Å². The van der Waals surface area contributed by atoms with E-state index in [-0.39, 0.29) is 12.0 Å². The van der Waals surface area contributed by atoms with Crippen LogP contribution in [-0.2, 0) is 19.8 Å². The van der Waals surface area contributed by atoms with Gasteiger partial charge in [-0.1, -0.05) is 30.3 Å². The molecule has 2 amide bonds. The predicted octanol–water partition coefficient (Wildman–Crippen LogP) is 4.23. The van der Waals surface area contributed by atoms with Gasteiger partial charge in [-0.3, -0.25) is 4.79 Å². The van der Waals surface area contributed by atoms with Gasteiger partial charge in [0.2, 0.25) is 0 Å². The lowest BCUT2D eigenvalue weighted by Crippen LogP contribution is -2.53. The molecule has 0 radical (unpaired) electrons. The van der Waals surface area contributed by atoms with Crippen molar-refractivity contribution < 1.29 is 23.8 Å². The Morgan fingerprint density at radius 2 is 1.68 bits per heavy atom. The number of ether oxygens (including phenoxy) is 3. The lowest BCUT2D eigenvalue weighted by molar-refractivity contribution is -0.122. The molecule has 3 rings (SSSR count). The van der Waals surface area contributed by atoms with Gasteiger partial charge in [0, 0.05) is 12.1 Å². The van der Waals surface area contributed by atoms with Crippen LogP contribution in [-0.4, -0.2) is 36.9 Å². The van der Waals surface area contributed by atoms with Crippen molar-refractivity contribution in [2.45, 2.75) is 51.4 Å². The highest BCUT2D eigenvalue weighted by Gasteiger charge is 2.38. The highest BCUT2D eigenvalue weighted by atomic mass is 16.6. The van der Waals surface area contributed by atoms with Gasteiger partial charge in [-0.2, -0.15) is 0 Å². The molecule has 2 N–H and O–H groups in total. The summed E-state index contributed by atoms with van der Waals surface area (Å²) in [5, 5.41) is 5.61. The van der Waals surface area contributed by atoms with Gasteiger partial charge >= 0.3 is 6.09 Å². The number of rotatable bonds is 6. The third-order valence-corrected chi connectivity index (χ3v) is 4.86. The summed E-state index contributed by atoms with van der Waals surface area (Å²) < 4.78 is 16.6. The normalized spacial score (nSPS) is 18.0. The zero-order valence-electron chi connectivity index (χ0n) is 18.4. The van der Waals surface area contributed by atoms with Crippen molar-refractivity contribution >= 4 is 17.7 Å². The van der Waals surface area contributed by atoms with E-state index in [1.165, 1.54) is 0 Å². The zero-order chi connectivity index (χ0) is 22.5. The lowest BCUT2D eigenvalue weighted by atomic mass is 9.91. The minimum Gasteiger partial charge on any atom is -0.488 e. The molecule has 1 aliphatic rings. The number of carbonyl (C=O) groups excluding carboxylic acids is 2. The van der Waals surface area contributed by atoms with Crippen LogP contribution >= 0.6 is 0 Å². The Morgan fingerprint density at radius 3 is 2.26 bits per heavy atom. The lowest BCUT2D eigenvalue weighted by Gasteiger charge is -2.31. The van der Waals surface area contributed by atoms with Crippen LogP contribution in [0.15, 0.2) is 54.6 Å². The smallest absolute Gasteiger partial charge is 0.408 e. The van der Waals surface area contributed by atoms with E-state index in [1.807, 2.05) is 18.2 Å². The van der Waals surface area contributed by atoms with Crippen molar-refractivity contribution in [2.24, 2.45) is 0 Å². The molecule has 2 aromatic carbocycles. The third-order valence-electron chi connectivity index (χ3n) is 4.86. The number of hydrogen-bond acceptors (Lipinski definition) is 5. The minimum atomic E-state index is -1.33. The molecule has 166 valence electrons. The Morgan fingerprint density at radius 1 is 1.00 bits per heavy atom. The van der Waals surface area contributed by atoms with Gasteiger partial charge in [0.25, 0.3) is 5.91 Å². The first-order valence-corrected chi connectivity index (χ1v) is 10.4. The molecule has 1 heterocycles. The van der Waals surface area contributed by atoms with Crippen molar-refractivity contribution in [3.63, 3.8) is 0 Å². The molecule has 0 aliphatic carbocycles. The average Bonchev–Trinajstić information content (AvgIpc) is 3.21. The molecule has 31 heavy (non-hydrogen) atoms. The minimum absolute atomic E-state index is 0.0554. The van der Waals surface area contributed by atoms with Gasteiger partial charge in [-0.15, -0.1) is 0 Å². The number of hydrogen-bond donors (Lipinski definition) is 2. The summed E-state index contributed by atoms with van der Waals surface area (Å²) in [6.45, 7) is 8.26. The van der Waals surface area contributed by atoms with Crippen molar-refractivity contribution in [1.82, 2.24) is 5.32 Å². The molecule has 2 atom stereocenters. The fraction of sp³-hybridized carbons (Fsp3) is 0.417. The van der Waals surface area contributed by atoms with Gasteiger partial charge in [0.1, 0.15) is 23.0 Å². The molecule has 7 nitrogen and oxygen atoms in total. The van der Waals surface area contributed by atoms with Crippen LogP contribution in [0.4, 0.5) is 10.5 Å². The fourth-order valence-corrected chi connectivity index (χ4v) is 3.21. The van der Waals surface area contributed by atoms with Crippen molar-refractivity contribution in [2.75, 3.05) is 18.5 Å². The van der Waals surface area contributed by atoms with E-state index in [2.05, 4.69) is 10.6 Å². The van der Waals surface area contributed by atoms with E-state index in [0.717, 1.165) is 6.42 Å². The molecular formula is C24H30N2O5. The van der Waals surface area contributed by atoms with Crippen LogP contribution in [0.2, 0.25) is 0 Å². The summed E-state index contributed by atoms with van der Waals surface area (Å²) in [4.78, 5) is 25.7. The van der Waals surface area contributed by atoms with Crippen molar-refractivity contribution in [3.8, 4) is 5.75 Å². The fourth-order valence-electron chi connectivity index (χ4n) is 3.21. The van der Waals surface area contributed by atoms with Crippen LogP contribution in [0.1, 0.15) is 39.7 Å². The third kappa shape index (κ3) is 6.21. The molecule has 0 aromatic heterocycles. The van der Waals surface area contributed by atoms with E-state index in [1.54, 1.807) is 64.1 Å². The second-order valence-corrected chi connectivity index (χ2v) is 8.70. The molecule has 0 saturated carbocycles. The molecule has 0 spiro atoms. The summed E-state index contributed by atoms with van der Waals surface area (Å²) >= 11 is 0. The van der Waals surface area contributed by atoms with E-state index in [0.29, 0.717) is 30.2 Å². The van der Waals surface area contributed by atoms with E-state index < -0.39 is 17.2 Å². The van der Waals surface area contributed by atoms with Crippen LogP contribution in [0.5, 0.6) is 5.75 Å². The van der Waals surface area contributed by atoms with Crippen molar-refractivity contribution in [3.05, 3.63) is 60.2 Å². The molecular weight excluding hydrogens is 396 g/mol. The summed E-state index contributed by atoms with van der Waals surface area (Å²) in [6.07, 6.45) is 0.251. The SMILES string of the molecule is CC(C)(C)OC(=O)N[C@](C)(C(=O)Nc1ccc(O[C@@H]2CCOC2)cc1)c1ccccc1. The van der Waals surface area contributed by atoms with Gasteiger partial charge < -0.3 is 24.8 Å². The quantitative estimate of drug-likeness (QED) is 0.722. The van der Waals surface area contributed by atoms with E-state index >= 15 is 0 Å². The average molecular weight is 427 g/mol. The van der Waals surface area contributed by atoms with Gasteiger partial charge in [0.05, 0.1) is 13.2 Å². The number of benzene rings is 2. The zero-order valence-corrected chi connectivity index (χ0v) is 18.4. The summed E-state index contributed by atoms with van der Waals surface area (Å²) in [5.74, 6) is 0.327. The summed E-state index contributed by atoms with van der Waals surface area (Å²) in [6, 6.07) is 16.2. The maximum Gasteiger partial charge on any atom is 0.408 e. The first kappa shape index (κ1) is 22.6. The maximum absolute atomic E-state index is 13.3. The number of carbonyl (C=O) groups is 2. The van der Waals surface area contributed by atoms with Gasteiger partial charge in [-0.05, 0) is 57.5 Å². The second kappa shape index (κ2) is 9.39. The van der Waals surface area contributed by atoms with Crippen LogP contribution < -0.4 is 15.4 Å². The maximum atomic E-state index is 13.3. The highest BCUT2D eigenvalue weighted by Crippen LogP contribution is 2.25. The number of alkyl carbamates (subject to hydrolysis) is 1. The summed E-state index contributed by atoms with van der Waals surface area (Å²) in [7, 11) is 0. The van der Waals surface area contributed by atoms with Crippen LogP contribution in [0.25, 0.3) is 0 Å². The van der Waals surface area contributed by atoms with Gasteiger partial charge in [-0.25, -0.2) is 4.79 Å². The summed E-state index contributed by atoms with van der Waals surface area (Å²) in [5.41, 5.74) is -0.786. The van der Waals surface area contributed by atoms with E-state index in [9.17, 15) is 9.59 Å². The predicted molar refractivity (Wildman–Crippen MR) is 118 cm³/mol. The number of nitrogens with one attached hydrogen (secondary N) is 2. The monoisotopic (exact) mass is 426 g/mol. The molecule has 1 aliphatic heterocycles. The van der Waals surface area contributed by atoms with Gasteiger partial charge in [0.15, 0.2) is 0 Å². The van der Waals surface area contributed by atoms with Crippen molar-refractivity contribution in [1.29, 1.82) is 0 Å². The molecule has 2 aromatic rings. The molecule has 1 fully saturated rings. The number of anilines is 1. The molecule has 0 bridgehead atoms. The van der Waals surface area contributed by atoms with Crippen LogP contribution in [0, 0.1) is 0 Å². The molecule has 0 unspecified atom stereocenters. The molecule has 7 heteroatoms. The first-order valence-electron chi connectivity index (χ1n) is 10.4. The second-order valence-electron chi connectivity index (χ2n) is 8.70. The standard InChI is InChI=1S/C24H30N2O5/c1-23(2,3)31-22(28)26-24(4,17-8-6-5-7-9-17)21(27)25-18-10-12-19(13-11-18)30-20-14-15-29-16-20/h5-13,20H,14-16H2,1-4H3,(H,25,27)(H,26,28)/t20-,24+/m1/s1.